The van der Waals surface area contributed by atoms with E-state index < -0.39 is 0 Å². The third-order valence-electron chi connectivity index (χ3n) is 3.14. The van der Waals surface area contributed by atoms with E-state index in [1.807, 2.05) is 0 Å². The minimum Gasteiger partial charge on any atom is -0.0683 e. The van der Waals surface area contributed by atoms with Gasteiger partial charge in [-0.2, -0.15) is 0 Å². The van der Waals surface area contributed by atoms with Crippen LogP contribution in [0.15, 0.2) is 54.1 Å². The molecule has 3 rings (SSSR count). The first-order chi connectivity index (χ1) is 7.84. The zero-order valence-electron chi connectivity index (χ0n) is 9.40. The van der Waals surface area contributed by atoms with Crippen LogP contribution in [0.4, 0.5) is 0 Å². The first-order valence-corrected chi connectivity index (χ1v) is 5.69. The van der Waals surface area contributed by atoms with Gasteiger partial charge >= 0.3 is 0 Å². The molecule has 0 bridgehead atoms. The predicted octanol–water partition coefficient (Wildman–Crippen LogP) is 4.31. The molecule has 0 saturated carbocycles. The molecule has 0 nitrogen and oxygen atoms in total. The van der Waals surface area contributed by atoms with Crippen molar-refractivity contribution in [2.45, 2.75) is 13.3 Å². The molecule has 0 aliphatic heterocycles. The number of hydrogen-bond donors (Lipinski definition) is 0. The molecular weight excluding hydrogens is 192 g/mol. The molecule has 0 fully saturated rings. The SMILES string of the molecule is CC1=Cc2ccccc2-c2ccccc2C1. The number of hydrogen-bond acceptors (Lipinski definition) is 0. The Kier molecular flexibility index (Phi) is 2.14. The van der Waals surface area contributed by atoms with Crippen LogP contribution in [0.5, 0.6) is 0 Å². The molecule has 0 heterocycles. The summed E-state index contributed by atoms with van der Waals surface area (Å²) in [5.74, 6) is 0. The van der Waals surface area contributed by atoms with Crippen molar-refractivity contribution in [1.29, 1.82) is 0 Å². The fraction of sp³-hybridized carbons (Fsp3) is 0.125. The van der Waals surface area contributed by atoms with E-state index in [-0.39, 0.29) is 0 Å². The fourth-order valence-electron chi connectivity index (χ4n) is 2.42. The van der Waals surface area contributed by atoms with Crippen LogP contribution in [0, 0.1) is 0 Å². The average Bonchev–Trinajstić information content (AvgIpc) is 2.44. The molecule has 0 unspecified atom stereocenters. The first-order valence-electron chi connectivity index (χ1n) is 5.69. The Balaban J connectivity index is 2.34. The van der Waals surface area contributed by atoms with E-state index in [9.17, 15) is 0 Å². The minimum absolute atomic E-state index is 1.06. The Hall–Kier alpha value is -1.82. The van der Waals surface area contributed by atoms with Crippen molar-refractivity contribution in [1.82, 2.24) is 0 Å². The van der Waals surface area contributed by atoms with Gasteiger partial charge in [-0.25, -0.2) is 0 Å². The molecular formula is C16H14. The highest BCUT2D eigenvalue weighted by atomic mass is 14.2. The third-order valence-corrected chi connectivity index (χ3v) is 3.14. The third kappa shape index (κ3) is 1.47. The van der Waals surface area contributed by atoms with E-state index >= 15 is 0 Å². The van der Waals surface area contributed by atoms with Crippen molar-refractivity contribution in [3.8, 4) is 11.1 Å². The van der Waals surface area contributed by atoms with E-state index in [0.717, 1.165) is 6.42 Å². The second-order valence-electron chi connectivity index (χ2n) is 4.41. The average molecular weight is 206 g/mol. The van der Waals surface area contributed by atoms with Gasteiger partial charge in [0.05, 0.1) is 0 Å². The van der Waals surface area contributed by atoms with Crippen LogP contribution in [0.25, 0.3) is 17.2 Å². The molecule has 2 aromatic rings. The van der Waals surface area contributed by atoms with Crippen molar-refractivity contribution in [3.05, 3.63) is 65.2 Å². The Morgan fingerprint density at radius 2 is 1.50 bits per heavy atom. The normalized spacial score (nSPS) is 13.4. The van der Waals surface area contributed by atoms with Crippen LogP contribution in [-0.2, 0) is 6.42 Å². The molecule has 0 heteroatoms. The molecule has 0 atom stereocenters. The zero-order chi connectivity index (χ0) is 11.0. The standard InChI is InChI=1S/C16H14/c1-12-10-13-6-2-4-8-15(13)16-9-5-3-7-14(16)11-12/h2-10H,11H2,1H3. The van der Waals surface area contributed by atoms with E-state index in [1.165, 1.54) is 27.8 Å². The lowest BCUT2D eigenvalue weighted by atomic mass is 9.96. The summed E-state index contributed by atoms with van der Waals surface area (Å²) in [6.07, 6.45) is 3.36. The van der Waals surface area contributed by atoms with E-state index in [0.29, 0.717) is 0 Å². The summed E-state index contributed by atoms with van der Waals surface area (Å²) in [7, 11) is 0. The maximum Gasteiger partial charge on any atom is -0.00604 e. The van der Waals surface area contributed by atoms with Gasteiger partial charge in [0.25, 0.3) is 0 Å². The van der Waals surface area contributed by atoms with Gasteiger partial charge in [-0.05, 0) is 35.6 Å². The highest BCUT2D eigenvalue weighted by Crippen LogP contribution is 2.32. The molecule has 0 amide bonds. The summed E-state index contributed by atoms with van der Waals surface area (Å²) >= 11 is 0. The summed E-state index contributed by atoms with van der Waals surface area (Å²) in [6.45, 7) is 2.21. The maximum absolute atomic E-state index is 2.30. The molecule has 0 spiro atoms. The minimum atomic E-state index is 1.06. The van der Waals surface area contributed by atoms with Crippen molar-refractivity contribution < 1.29 is 0 Å². The number of rotatable bonds is 0. The van der Waals surface area contributed by atoms with Gasteiger partial charge in [-0.1, -0.05) is 60.2 Å². The smallest absolute Gasteiger partial charge is 0.00604 e. The molecule has 16 heavy (non-hydrogen) atoms. The monoisotopic (exact) mass is 206 g/mol. The Labute approximate surface area is 96.3 Å². The summed E-state index contributed by atoms with van der Waals surface area (Å²) in [6, 6.07) is 17.3. The Morgan fingerprint density at radius 1 is 0.812 bits per heavy atom. The van der Waals surface area contributed by atoms with Gasteiger partial charge < -0.3 is 0 Å². The molecule has 2 aromatic carbocycles. The quantitative estimate of drug-likeness (QED) is 0.602. The molecule has 1 aliphatic rings. The molecule has 0 saturated heterocycles. The Morgan fingerprint density at radius 3 is 2.38 bits per heavy atom. The maximum atomic E-state index is 2.30. The van der Waals surface area contributed by atoms with Crippen molar-refractivity contribution >= 4 is 6.08 Å². The first kappa shape index (κ1) is 9.41. The van der Waals surface area contributed by atoms with E-state index in [2.05, 4.69) is 61.5 Å². The summed E-state index contributed by atoms with van der Waals surface area (Å²) < 4.78 is 0. The lowest BCUT2D eigenvalue weighted by Crippen LogP contribution is -1.88. The predicted molar refractivity (Wildman–Crippen MR) is 69.2 cm³/mol. The van der Waals surface area contributed by atoms with E-state index in [4.69, 9.17) is 0 Å². The van der Waals surface area contributed by atoms with E-state index in [1.54, 1.807) is 0 Å². The van der Waals surface area contributed by atoms with Crippen molar-refractivity contribution in [2.24, 2.45) is 0 Å². The van der Waals surface area contributed by atoms with Crippen LogP contribution in [0.2, 0.25) is 0 Å². The molecule has 78 valence electrons. The van der Waals surface area contributed by atoms with Crippen LogP contribution in [0.3, 0.4) is 0 Å². The largest absolute Gasteiger partial charge is 0.0683 e. The topological polar surface area (TPSA) is 0 Å². The van der Waals surface area contributed by atoms with Crippen LogP contribution in [-0.4, -0.2) is 0 Å². The molecule has 0 aromatic heterocycles. The van der Waals surface area contributed by atoms with Gasteiger partial charge in [-0.3, -0.25) is 0 Å². The van der Waals surface area contributed by atoms with Gasteiger partial charge in [0.15, 0.2) is 0 Å². The summed E-state index contributed by atoms with van der Waals surface area (Å²) in [5, 5.41) is 0. The lowest BCUT2D eigenvalue weighted by molar-refractivity contribution is 1.17. The fourth-order valence-corrected chi connectivity index (χ4v) is 2.42. The van der Waals surface area contributed by atoms with Gasteiger partial charge in [0.2, 0.25) is 0 Å². The number of fused-ring (bicyclic) bond motifs is 3. The van der Waals surface area contributed by atoms with Crippen LogP contribution < -0.4 is 0 Å². The summed E-state index contributed by atoms with van der Waals surface area (Å²) in [4.78, 5) is 0. The van der Waals surface area contributed by atoms with Crippen LogP contribution >= 0.6 is 0 Å². The van der Waals surface area contributed by atoms with Crippen LogP contribution in [0.1, 0.15) is 18.1 Å². The highest BCUT2D eigenvalue weighted by Gasteiger charge is 2.11. The molecule has 1 aliphatic carbocycles. The van der Waals surface area contributed by atoms with Gasteiger partial charge in [0, 0.05) is 0 Å². The van der Waals surface area contributed by atoms with Crippen molar-refractivity contribution in [2.75, 3.05) is 0 Å². The number of benzene rings is 2. The molecule has 0 N–H and O–H groups in total. The van der Waals surface area contributed by atoms with Gasteiger partial charge in [-0.15, -0.1) is 0 Å². The van der Waals surface area contributed by atoms with Crippen molar-refractivity contribution in [3.63, 3.8) is 0 Å². The molecule has 0 radical (unpaired) electrons. The second kappa shape index (κ2) is 3.64. The Bertz CT molecular complexity index is 562. The lowest BCUT2D eigenvalue weighted by Gasteiger charge is -2.08. The number of allylic oxidation sites excluding steroid dienone is 1. The zero-order valence-corrected chi connectivity index (χ0v) is 9.40. The highest BCUT2D eigenvalue weighted by molar-refractivity contribution is 5.80. The van der Waals surface area contributed by atoms with Gasteiger partial charge in [0.1, 0.15) is 0 Å². The summed E-state index contributed by atoms with van der Waals surface area (Å²) in [5.41, 5.74) is 6.93. The second-order valence-corrected chi connectivity index (χ2v) is 4.41.